The molecular weight excluding hydrogens is 206 g/mol. The first-order chi connectivity index (χ1) is 6.39. The fourth-order valence-corrected chi connectivity index (χ4v) is 1.45. The van der Waals surface area contributed by atoms with Gasteiger partial charge in [0.05, 0.1) is 11.9 Å². The van der Waals surface area contributed by atoms with Crippen molar-refractivity contribution in [2.45, 2.75) is 12.8 Å². The highest BCUT2D eigenvalue weighted by atomic mass is 32.2. The van der Waals surface area contributed by atoms with Crippen molar-refractivity contribution in [3.8, 4) is 0 Å². The van der Waals surface area contributed by atoms with Gasteiger partial charge in [-0.05, 0) is 6.07 Å². The minimum Gasteiger partial charge on any atom is -0.370 e. The Morgan fingerprint density at radius 2 is 2.29 bits per heavy atom. The Kier molecular flexibility index (Phi) is 2.90. The van der Waals surface area contributed by atoms with Crippen molar-refractivity contribution in [1.29, 1.82) is 0 Å². The molecular formula is C7H11N3O3S. The first-order valence-electron chi connectivity index (χ1n) is 3.93. The molecule has 14 heavy (non-hydrogen) atoms. The molecule has 1 heterocycles. The maximum atomic E-state index is 11.0. The fraction of sp³-hybridized carbons (Fsp3) is 0.429. The van der Waals surface area contributed by atoms with E-state index >= 15 is 0 Å². The van der Waals surface area contributed by atoms with Crippen LogP contribution in [-0.2, 0) is 21.2 Å². The number of carbonyl (C=O) groups excluding carboxylic acids is 1. The summed E-state index contributed by atoms with van der Waals surface area (Å²) in [4.78, 5) is 10.4. The van der Waals surface area contributed by atoms with Crippen molar-refractivity contribution >= 4 is 15.9 Å². The zero-order chi connectivity index (χ0) is 10.8. The van der Waals surface area contributed by atoms with Crippen LogP contribution in [0.3, 0.4) is 0 Å². The quantitative estimate of drug-likeness (QED) is 0.707. The van der Waals surface area contributed by atoms with Crippen molar-refractivity contribution in [1.82, 2.24) is 9.19 Å². The van der Waals surface area contributed by atoms with Crippen LogP contribution in [0.2, 0.25) is 0 Å². The number of aryl methyl sites for hydroxylation is 1. The van der Waals surface area contributed by atoms with E-state index in [1.165, 1.54) is 6.20 Å². The molecule has 0 aliphatic carbocycles. The Morgan fingerprint density at radius 3 is 2.71 bits per heavy atom. The molecule has 78 valence electrons. The molecule has 1 amide bonds. The van der Waals surface area contributed by atoms with Crippen LogP contribution in [0.5, 0.6) is 0 Å². The Balaban J connectivity index is 2.74. The lowest BCUT2D eigenvalue weighted by atomic mass is 10.2. The van der Waals surface area contributed by atoms with E-state index in [2.05, 4.69) is 5.10 Å². The number of nitrogens with zero attached hydrogens (tertiary/aromatic N) is 2. The summed E-state index contributed by atoms with van der Waals surface area (Å²) < 4.78 is 22.9. The predicted octanol–water partition coefficient (Wildman–Crippen LogP) is -0.891. The molecule has 7 heteroatoms. The first kappa shape index (κ1) is 10.7. The molecule has 2 N–H and O–H groups in total. The lowest BCUT2D eigenvalue weighted by Gasteiger charge is -1.95. The van der Waals surface area contributed by atoms with E-state index in [1.54, 1.807) is 6.07 Å². The van der Waals surface area contributed by atoms with Crippen molar-refractivity contribution in [2.75, 3.05) is 6.26 Å². The zero-order valence-corrected chi connectivity index (χ0v) is 8.49. The Bertz CT molecular complexity index is 435. The van der Waals surface area contributed by atoms with Gasteiger partial charge < -0.3 is 5.73 Å². The number of rotatable bonds is 4. The van der Waals surface area contributed by atoms with Crippen LogP contribution in [0.1, 0.15) is 12.1 Å². The number of nitrogens with two attached hydrogens (primary N) is 1. The minimum atomic E-state index is -3.33. The molecule has 1 aromatic rings. The number of hydrogen-bond donors (Lipinski definition) is 1. The van der Waals surface area contributed by atoms with Gasteiger partial charge in [0, 0.05) is 19.0 Å². The third-order valence-electron chi connectivity index (χ3n) is 1.59. The van der Waals surface area contributed by atoms with Gasteiger partial charge in [-0.1, -0.05) is 0 Å². The molecule has 0 unspecified atom stereocenters. The van der Waals surface area contributed by atoms with Crippen molar-refractivity contribution < 1.29 is 13.2 Å². The maximum Gasteiger partial charge on any atom is 0.250 e. The molecule has 0 saturated carbocycles. The molecule has 6 nitrogen and oxygen atoms in total. The van der Waals surface area contributed by atoms with Gasteiger partial charge in [-0.3, -0.25) is 4.79 Å². The van der Waals surface area contributed by atoms with Crippen LogP contribution in [0.4, 0.5) is 0 Å². The third-order valence-corrected chi connectivity index (χ3v) is 2.47. The van der Waals surface area contributed by atoms with Gasteiger partial charge in [0.1, 0.15) is 0 Å². The number of hydrogen-bond acceptors (Lipinski definition) is 4. The highest BCUT2D eigenvalue weighted by Gasteiger charge is 2.07. The highest BCUT2D eigenvalue weighted by molar-refractivity contribution is 7.89. The molecule has 0 aliphatic heterocycles. The van der Waals surface area contributed by atoms with E-state index in [-0.39, 0.29) is 6.42 Å². The molecule has 0 aliphatic rings. The minimum absolute atomic E-state index is 0.167. The average Bonchev–Trinajstić information content (AvgIpc) is 2.47. The van der Waals surface area contributed by atoms with Crippen LogP contribution in [0, 0.1) is 0 Å². The van der Waals surface area contributed by atoms with Crippen LogP contribution in [-0.4, -0.2) is 29.8 Å². The standard InChI is InChI=1S/C7H11N3O3S/c1-14(12,13)10-5-4-6(9-10)2-3-7(8)11/h4-5H,2-3H2,1H3,(H2,8,11). The molecule has 0 radical (unpaired) electrons. The molecule has 0 atom stereocenters. The Labute approximate surface area is 81.8 Å². The van der Waals surface area contributed by atoms with Crippen LogP contribution < -0.4 is 5.73 Å². The number of primary amides is 1. The average molecular weight is 217 g/mol. The number of carbonyl (C=O) groups is 1. The third kappa shape index (κ3) is 2.84. The monoisotopic (exact) mass is 217 g/mol. The summed E-state index contributed by atoms with van der Waals surface area (Å²) in [6.07, 6.45) is 2.92. The maximum absolute atomic E-state index is 11.0. The molecule has 0 spiro atoms. The summed E-state index contributed by atoms with van der Waals surface area (Å²) >= 11 is 0. The van der Waals surface area contributed by atoms with Crippen molar-refractivity contribution in [3.63, 3.8) is 0 Å². The van der Waals surface area contributed by atoms with Crippen molar-refractivity contribution in [3.05, 3.63) is 18.0 Å². The van der Waals surface area contributed by atoms with Crippen LogP contribution in [0.25, 0.3) is 0 Å². The molecule has 0 bridgehead atoms. The number of aromatic nitrogens is 2. The summed E-state index contributed by atoms with van der Waals surface area (Å²) in [6, 6.07) is 1.55. The summed E-state index contributed by atoms with van der Waals surface area (Å²) in [5, 5.41) is 3.77. The van der Waals surface area contributed by atoms with E-state index in [0.717, 1.165) is 10.3 Å². The van der Waals surface area contributed by atoms with E-state index in [9.17, 15) is 13.2 Å². The topological polar surface area (TPSA) is 95.0 Å². The largest absolute Gasteiger partial charge is 0.370 e. The Hall–Kier alpha value is -1.37. The van der Waals surface area contributed by atoms with E-state index < -0.39 is 15.9 Å². The summed E-state index contributed by atoms with van der Waals surface area (Å²) in [5.41, 5.74) is 5.48. The summed E-state index contributed by atoms with van der Waals surface area (Å²) in [5.74, 6) is -0.432. The van der Waals surface area contributed by atoms with Gasteiger partial charge >= 0.3 is 0 Å². The van der Waals surface area contributed by atoms with Crippen molar-refractivity contribution in [2.24, 2.45) is 5.73 Å². The predicted molar refractivity (Wildman–Crippen MR) is 50.0 cm³/mol. The molecule has 1 aromatic heterocycles. The molecule has 0 aromatic carbocycles. The van der Waals surface area contributed by atoms with Gasteiger partial charge in [-0.15, -0.1) is 0 Å². The smallest absolute Gasteiger partial charge is 0.250 e. The fourth-order valence-electron chi connectivity index (χ4n) is 0.912. The zero-order valence-electron chi connectivity index (χ0n) is 7.67. The van der Waals surface area contributed by atoms with Gasteiger partial charge in [0.15, 0.2) is 0 Å². The summed E-state index contributed by atoms with van der Waals surface area (Å²) in [7, 11) is -3.33. The second-order valence-corrected chi connectivity index (χ2v) is 4.75. The van der Waals surface area contributed by atoms with E-state index in [0.29, 0.717) is 12.1 Å². The van der Waals surface area contributed by atoms with Gasteiger partial charge in [-0.2, -0.15) is 9.19 Å². The van der Waals surface area contributed by atoms with E-state index in [1.807, 2.05) is 0 Å². The number of amides is 1. The molecule has 0 fully saturated rings. The highest BCUT2D eigenvalue weighted by Crippen LogP contribution is 2.01. The van der Waals surface area contributed by atoms with Gasteiger partial charge in [0.25, 0.3) is 10.0 Å². The van der Waals surface area contributed by atoms with Gasteiger partial charge in [0.2, 0.25) is 5.91 Å². The van der Waals surface area contributed by atoms with Crippen LogP contribution >= 0.6 is 0 Å². The Morgan fingerprint density at radius 1 is 1.64 bits per heavy atom. The SMILES string of the molecule is CS(=O)(=O)n1ccc(CCC(N)=O)n1. The normalized spacial score (nSPS) is 11.5. The first-order valence-corrected chi connectivity index (χ1v) is 5.78. The summed E-state index contributed by atoms with van der Waals surface area (Å²) in [6.45, 7) is 0. The molecule has 0 saturated heterocycles. The van der Waals surface area contributed by atoms with Crippen LogP contribution in [0.15, 0.2) is 12.3 Å². The van der Waals surface area contributed by atoms with Gasteiger partial charge in [-0.25, -0.2) is 8.42 Å². The lowest BCUT2D eigenvalue weighted by Crippen LogP contribution is -2.13. The second kappa shape index (κ2) is 3.79. The van der Waals surface area contributed by atoms with E-state index in [4.69, 9.17) is 5.73 Å². The second-order valence-electron chi connectivity index (χ2n) is 2.91. The lowest BCUT2D eigenvalue weighted by molar-refractivity contribution is -0.118. The molecule has 1 rings (SSSR count).